The van der Waals surface area contributed by atoms with E-state index in [1.165, 1.54) is 5.56 Å². The summed E-state index contributed by atoms with van der Waals surface area (Å²) in [7, 11) is 1.81. The lowest BCUT2D eigenvalue weighted by Gasteiger charge is -2.32. The third-order valence-electron chi connectivity index (χ3n) is 5.93. The van der Waals surface area contributed by atoms with Gasteiger partial charge in [-0.15, -0.1) is 0 Å². The zero-order chi connectivity index (χ0) is 20.6. The molecule has 150 valence electrons. The highest BCUT2D eigenvalue weighted by Crippen LogP contribution is 2.31. The van der Waals surface area contributed by atoms with Crippen LogP contribution in [0.3, 0.4) is 0 Å². The van der Waals surface area contributed by atoms with Crippen molar-refractivity contribution < 1.29 is 0 Å². The second kappa shape index (κ2) is 7.39. The molecular formula is C24H28N4O. The Balaban J connectivity index is 1.90. The number of anilines is 1. The van der Waals surface area contributed by atoms with Crippen LogP contribution >= 0.6 is 0 Å². The minimum absolute atomic E-state index is 0.0156. The molecule has 1 N–H and O–H groups in total. The molecule has 1 atom stereocenters. The zero-order valence-corrected chi connectivity index (χ0v) is 17.6. The number of hydrogen-bond acceptors (Lipinski definition) is 3. The van der Waals surface area contributed by atoms with Crippen LogP contribution < -0.4 is 10.9 Å². The number of fused-ring (bicyclic) bond motifs is 1. The van der Waals surface area contributed by atoms with Crippen molar-refractivity contribution in [2.75, 3.05) is 5.32 Å². The Kier molecular flexibility index (Phi) is 4.91. The molecule has 0 spiro atoms. The van der Waals surface area contributed by atoms with Crippen molar-refractivity contribution in [2.24, 2.45) is 12.0 Å². The Morgan fingerprint density at radius 2 is 1.76 bits per heavy atom. The van der Waals surface area contributed by atoms with Gasteiger partial charge >= 0.3 is 0 Å². The van der Waals surface area contributed by atoms with Crippen molar-refractivity contribution in [3.63, 3.8) is 0 Å². The first-order valence-corrected chi connectivity index (χ1v) is 10.3. The first-order chi connectivity index (χ1) is 14.0. The largest absolute Gasteiger partial charge is 0.324 e. The van der Waals surface area contributed by atoms with Crippen molar-refractivity contribution >= 4 is 11.7 Å². The molecule has 4 rings (SSSR count). The minimum Gasteiger partial charge on any atom is -0.324 e. The SMILES string of the molecule is CCc1c(NC2=N[C@](C)(CC)Cc3ccccc32)n(-c2ccccc2)n(C)c1=O. The first-order valence-electron chi connectivity index (χ1n) is 10.3. The Labute approximate surface area is 171 Å². The predicted molar refractivity (Wildman–Crippen MR) is 119 cm³/mol. The van der Waals surface area contributed by atoms with E-state index < -0.39 is 0 Å². The van der Waals surface area contributed by atoms with Gasteiger partial charge in [0.2, 0.25) is 0 Å². The summed E-state index contributed by atoms with van der Waals surface area (Å²) in [4.78, 5) is 18.0. The Bertz CT molecular complexity index is 1120. The van der Waals surface area contributed by atoms with Gasteiger partial charge in [0.1, 0.15) is 11.7 Å². The maximum Gasteiger partial charge on any atom is 0.272 e. The van der Waals surface area contributed by atoms with E-state index in [9.17, 15) is 4.79 Å². The summed E-state index contributed by atoms with van der Waals surface area (Å²) in [5.41, 5.74) is 3.96. The Hall–Kier alpha value is -3.08. The van der Waals surface area contributed by atoms with Gasteiger partial charge in [0, 0.05) is 12.6 Å². The van der Waals surface area contributed by atoms with Crippen LogP contribution in [0.2, 0.25) is 0 Å². The highest BCUT2D eigenvalue weighted by atomic mass is 16.1. The number of aromatic nitrogens is 2. The second-order valence-corrected chi connectivity index (χ2v) is 7.93. The van der Waals surface area contributed by atoms with Crippen molar-refractivity contribution in [1.82, 2.24) is 9.36 Å². The molecule has 0 saturated heterocycles. The van der Waals surface area contributed by atoms with E-state index in [1.807, 2.05) is 55.1 Å². The van der Waals surface area contributed by atoms with E-state index in [4.69, 9.17) is 4.99 Å². The van der Waals surface area contributed by atoms with Crippen LogP contribution in [-0.4, -0.2) is 20.7 Å². The standard InChI is InChI=1S/C24H28N4O/c1-5-19-22(28(27(4)23(19)29)18-13-8-7-9-14-18)25-21-20-15-11-10-12-17(20)16-24(3,6-2)26-21/h7-15H,5-6,16H2,1-4H3,(H,25,26)/t24-/m1/s1. The van der Waals surface area contributed by atoms with Crippen molar-refractivity contribution in [2.45, 2.75) is 45.6 Å². The van der Waals surface area contributed by atoms with E-state index in [2.05, 4.69) is 37.4 Å². The van der Waals surface area contributed by atoms with Gasteiger partial charge in [-0.25, -0.2) is 9.36 Å². The summed E-state index contributed by atoms with van der Waals surface area (Å²) in [5, 5.41) is 3.57. The van der Waals surface area contributed by atoms with Gasteiger partial charge < -0.3 is 5.32 Å². The fraction of sp³-hybridized carbons (Fsp3) is 0.333. The summed E-state index contributed by atoms with van der Waals surface area (Å²) in [6.07, 6.45) is 2.52. The highest BCUT2D eigenvalue weighted by molar-refractivity contribution is 6.10. The molecule has 1 aliphatic heterocycles. The molecule has 3 aromatic rings. The molecule has 5 nitrogen and oxygen atoms in total. The quantitative estimate of drug-likeness (QED) is 0.724. The highest BCUT2D eigenvalue weighted by Gasteiger charge is 2.30. The monoisotopic (exact) mass is 388 g/mol. The van der Waals surface area contributed by atoms with Gasteiger partial charge in [-0.05, 0) is 43.9 Å². The summed E-state index contributed by atoms with van der Waals surface area (Å²) in [6.45, 7) is 6.39. The normalized spacial score (nSPS) is 18.3. The lowest BCUT2D eigenvalue weighted by Crippen LogP contribution is -2.34. The van der Waals surface area contributed by atoms with Crippen molar-refractivity contribution in [1.29, 1.82) is 0 Å². The minimum atomic E-state index is -0.157. The van der Waals surface area contributed by atoms with Gasteiger partial charge in [-0.1, -0.05) is 56.3 Å². The van der Waals surface area contributed by atoms with E-state index in [-0.39, 0.29) is 11.1 Å². The second-order valence-electron chi connectivity index (χ2n) is 7.93. The molecule has 29 heavy (non-hydrogen) atoms. The number of nitrogens with zero attached hydrogens (tertiary/aromatic N) is 3. The number of rotatable bonds is 4. The molecule has 0 bridgehead atoms. The maximum absolute atomic E-state index is 12.9. The average molecular weight is 389 g/mol. The van der Waals surface area contributed by atoms with E-state index >= 15 is 0 Å². The molecule has 1 aliphatic rings. The molecule has 5 heteroatoms. The van der Waals surface area contributed by atoms with Crippen LogP contribution in [0.25, 0.3) is 5.69 Å². The zero-order valence-electron chi connectivity index (χ0n) is 17.6. The third-order valence-corrected chi connectivity index (χ3v) is 5.93. The van der Waals surface area contributed by atoms with Crippen LogP contribution in [0.5, 0.6) is 0 Å². The van der Waals surface area contributed by atoms with E-state index in [1.54, 1.807) is 4.68 Å². The number of amidine groups is 1. The molecule has 1 aromatic heterocycles. The molecule has 0 radical (unpaired) electrons. The summed E-state index contributed by atoms with van der Waals surface area (Å²) >= 11 is 0. The van der Waals surface area contributed by atoms with Gasteiger partial charge in [-0.3, -0.25) is 9.79 Å². The van der Waals surface area contributed by atoms with Crippen LogP contribution in [0, 0.1) is 0 Å². The molecule has 2 aromatic carbocycles. The molecule has 0 unspecified atom stereocenters. The van der Waals surface area contributed by atoms with Crippen molar-refractivity contribution in [3.05, 3.63) is 81.6 Å². The molecule has 0 fully saturated rings. The van der Waals surface area contributed by atoms with Crippen LogP contribution in [0.1, 0.15) is 43.9 Å². The number of nitrogens with one attached hydrogen (secondary N) is 1. The average Bonchev–Trinajstić information content (AvgIpc) is 2.98. The first kappa shape index (κ1) is 19.2. The third kappa shape index (κ3) is 3.31. The number of aliphatic imine (C=N–C) groups is 1. The van der Waals surface area contributed by atoms with Gasteiger partial charge in [0.05, 0.1) is 16.8 Å². The lowest BCUT2D eigenvalue weighted by molar-refractivity contribution is 0.448. The van der Waals surface area contributed by atoms with Gasteiger partial charge in [0.15, 0.2) is 0 Å². The molecule has 0 aliphatic carbocycles. The van der Waals surface area contributed by atoms with Gasteiger partial charge in [-0.2, -0.15) is 0 Å². The summed E-state index contributed by atoms with van der Waals surface area (Å²) in [6, 6.07) is 18.4. The number of hydrogen-bond donors (Lipinski definition) is 1. The molecular weight excluding hydrogens is 360 g/mol. The summed E-state index contributed by atoms with van der Waals surface area (Å²) < 4.78 is 3.62. The Morgan fingerprint density at radius 1 is 1.07 bits per heavy atom. The van der Waals surface area contributed by atoms with Gasteiger partial charge in [0.25, 0.3) is 5.56 Å². The fourth-order valence-corrected chi connectivity index (χ4v) is 4.08. The summed E-state index contributed by atoms with van der Waals surface area (Å²) in [5.74, 6) is 1.63. The molecule has 2 heterocycles. The van der Waals surface area contributed by atoms with Crippen LogP contribution in [0.15, 0.2) is 64.4 Å². The number of benzene rings is 2. The van der Waals surface area contributed by atoms with Crippen molar-refractivity contribution in [3.8, 4) is 5.69 Å². The van der Waals surface area contributed by atoms with Crippen LogP contribution in [-0.2, 0) is 19.9 Å². The smallest absolute Gasteiger partial charge is 0.272 e. The topological polar surface area (TPSA) is 51.3 Å². The predicted octanol–water partition coefficient (Wildman–Crippen LogP) is 4.32. The Morgan fingerprint density at radius 3 is 2.45 bits per heavy atom. The number of para-hydroxylation sites is 1. The fourth-order valence-electron chi connectivity index (χ4n) is 4.08. The lowest BCUT2D eigenvalue weighted by atomic mass is 9.85. The van der Waals surface area contributed by atoms with E-state index in [0.29, 0.717) is 6.42 Å². The van der Waals surface area contributed by atoms with E-state index in [0.717, 1.165) is 41.3 Å². The molecule has 0 saturated carbocycles. The maximum atomic E-state index is 12.9. The van der Waals surface area contributed by atoms with Crippen LogP contribution in [0.4, 0.5) is 5.82 Å². The molecule has 0 amide bonds.